The summed E-state index contributed by atoms with van der Waals surface area (Å²) in [6.07, 6.45) is -2.98. The van der Waals surface area contributed by atoms with E-state index >= 15 is 0 Å². The maximum absolute atomic E-state index is 13.8. The van der Waals surface area contributed by atoms with Crippen molar-refractivity contribution in [3.63, 3.8) is 0 Å². The van der Waals surface area contributed by atoms with Gasteiger partial charge in [-0.1, -0.05) is 6.07 Å². The molecular weight excluding hydrogens is 358 g/mol. The number of carbonyl (C=O) groups excluding carboxylic acids is 1. The Morgan fingerprint density at radius 2 is 1.81 bits per heavy atom. The van der Waals surface area contributed by atoms with Gasteiger partial charge in [0.1, 0.15) is 0 Å². The van der Waals surface area contributed by atoms with Crippen LogP contribution < -0.4 is 5.56 Å². The molecule has 1 N–H and O–H groups in total. The molecule has 0 fully saturated rings. The van der Waals surface area contributed by atoms with Gasteiger partial charge in [0.2, 0.25) is 5.78 Å². The van der Waals surface area contributed by atoms with E-state index in [1.54, 1.807) is 0 Å². The molecule has 0 radical (unpaired) electrons. The average molecular weight is 365 g/mol. The average Bonchev–Trinajstić information content (AvgIpc) is 2.87. The van der Waals surface area contributed by atoms with E-state index in [0.717, 1.165) is 10.6 Å². The molecule has 1 atom stereocenters. The minimum absolute atomic E-state index is 0.0463. The van der Waals surface area contributed by atoms with Crippen molar-refractivity contribution in [2.24, 2.45) is 0 Å². The van der Waals surface area contributed by atoms with E-state index in [2.05, 4.69) is 9.97 Å². The largest absolute Gasteiger partial charge is 0.453 e. The number of rotatable bonds is 1. The van der Waals surface area contributed by atoms with Crippen LogP contribution in [0.2, 0.25) is 0 Å². The number of ketones is 1. The molecule has 3 heterocycles. The number of benzene rings is 1. The van der Waals surface area contributed by atoms with Crippen LogP contribution in [0, 0.1) is 0 Å². The van der Waals surface area contributed by atoms with Gasteiger partial charge in [0, 0.05) is 18.0 Å². The molecule has 2 aromatic heterocycles. The standard InChI is InChI=1S/C16H7F4N3O3/c17-15(26,16(18,19)20)7-1-2-11-8(5-7)12(24)13-22-10-3-4-21-6-9(10)14(25)23(11)13/h1-6,26H. The first kappa shape index (κ1) is 16.3. The summed E-state index contributed by atoms with van der Waals surface area (Å²) in [6.45, 7) is 0. The Morgan fingerprint density at radius 1 is 1.08 bits per heavy atom. The number of alkyl halides is 4. The predicted molar refractivity (Wildman–Crippen MR) is 79.6 cm³/mol. The Labute approximate surface area is 141 Å². The molecule has 0 saturated carbocycles. The van der Waals surface area contributed by atoms with E-state index < -0.39 is 28.9 Å². The monoisotopic (exact) mass is 365 g/mol. The maximum Gasteiger partial charge on any atom is 0.453 e. The molecule has 1 unspecified atom stereocenters. The van der Waals surface area contributed by atoms with Crippen LogP contribution in [0.4, 0.5) is 17.6 Å². The van der Waals surface area contributed by atoms with Gasteiger partial charge in [0.25, 0.3) is 5.56 Å². The predicted octanol–water partition coefficient (Wildman–Crippen LogP) is 2.00. The highest BCUT2D eigenvalue weighted by Crippen LogP contribution is 2.41. The van der Waals surface area contributed by atoms with Crippen LogP contribution in [0.1, 0.15) is 21.7 Å². The van der Waals surface area contributed by atoms with Gasteiger partial charge in [-0.2, -0.15) is 17.6 Å². The second-order valence-corrected chi connectivity index (χ2v) is 5.65. The van der Waals surface area contributed by atoms with E-state index in [-0.39, 0.29) is 28.0 Å². The third-order valence-corrected chi connectivity index (χ3v) is 4.11. The van der Waals surface area contributed by atoms with Gasteiger partial charge >= 0.3 is 12.0 Å². The molecule has 26 heavy (non-hydrogen) atoms. The van der Waals surface area contributed by atoms with E-state index in [0.29, 0.717) is 12.1 Å². The fraction of sp³-hybridized carbons (Fsp3) is 0.125. The van der Waals surface area contributed by atoms with Crippen molar-refractivity contribution >= 4 is 16.7 Å². The van der Waals surface area contributed by atoms with Crippen molar-refractivity contribution < 1.29 is 27.5 Å². The SMILES string of the molecule is O=C1c2cc(C(O)(F)C(F)(F)F)ccc2-n2c1nc1ccncc1c2=O. The third kappa shape index (κ3) is 2.02. The van der Waals surface area contributed by atoms with Gasteiger partial charge in [-0.3, -0.25) is 19.1 Å². The van der Waals surface area contributed by atoms with Crippen LogP contribution in [0.25, 0.3) is 16.6 Å². The minimum Gasteiger partial charge on any atom is -0.351 e. The fourth-order valence-corrected chi connectivity index (χ4v) is 2.81. The Morgan fingerprint density at radius 3 is 2.50 bits per heavy atom. The zero-order valence-corrected chi connectivity index (χ0v) is 12.6. The molecule has 1 aliphatic rings. The van der Waals surface area contributed by atoms with Crippen LogP contribution in [-0.2, 0) is 5.85 Å². The smallest absolute Gasteiger partial charge is 0.351 e. The van der Waals surface area contributed by atoms with Gasteiger partial charge in [-0.05, 0) is 18.2 Å². The Bertz CT molecular complexity index is 1150. The second kappa shape index (κ2) is 4.94. The summed E-state index contributed by atoms with van der Waals surface area (Å²) in [7, 11) is 0. The number of aliphatic hydroxyl groups is 1. The van der Waals surface area contributed by atoms with Crippen LogP contribution in [0.5, 0.6) is 0 Å². The quantitative estimate of drug-likeness (QED) is 0.522. The van der Waals surface area contributed by atoms with Gasteiger partial charge in [-0.15, -0.1) is 0 Å². The molecule has 0 aliphatic carbocycles. The second-order valence-electron chi connectivity index (χ2n) is 5.65. The molecule has 1 aliphatic heterocycles. The van der Waals surface area contributed by atoms with E-state index in [1.807, 2.05) is 0 Å². The molecule has 132 valence electrons. The summed E-state index contributed by atoms with van der Waals surface area (Å²) >= 11 is 0. The molecule has 4 rings (SSSR count). The lowest BCUT2D eigenvalue weighted by atomic mass is 10.0. The van der Waals surface area contributed by atoms with Crippen molar-refractivity contribution in [3.05, 3.63) is 64.0 Å². The number of carbonyl (C=O) groups is 1. The summed E-state index contributed by atoms with van der Waals surface area (Å²) in [5.41, 5.74) is -2.02. The minimum atomic E-state index is -5.59. The fourth-order valence-electron chi connectivity index (χ4n) is 2.81. The Balaban J connectivity index is 1.98. The molecule has 1 aromatic carbocycles. The molecule has 0 spiro atoms. The Kier molecular flexibility index (Phi) is 3.11. The first-order valence-electron chi connectivity index (χ1n) is 7.17. The van der Waals surface area contributed by atoms with Crippen LogP contribution in [0.3, 0.4) is 0 Å². The topological polar surface area (TPSA) is 85.1 Å². The van der Waals surface area contributed by atoms with Gasteiger partial charge in [-0.25, -0.2) is 4.98 Å². The van der Waals surface area contributed by atoms with Crippen molar-refractivity contribution in [2.75, 3.05) is 0 Å². The number of hydrogen-bond acceptors (Lipinski definition) is 5. The number of halogens is 4. The number of nitrogens with zero attached hydrogens (tertiary/aromatic N) is 3. The molecule has 0 bridgehead atoms. The highest BCUT2D eigenvalue weighted by atomic mass is 19.4. The lowest BCUT2D eigenvalue weighted by Crippen LogP contribution is -2.38. The van der Waals surface area contributed by atoms with E-state index in [1.165, 1.54) is 18.5 Å². The molecule has 3 aromatic rings. The van der Waals surface area contributed by atoms with Gasteiger partial charge < -0.3 is 5.11 Å². The van der Waals surface area contributed by atoms with E-state index in [9.17, 15) is 32.3 Å². The molecule has 0 saturated heterocycles. The summed E-state index contributed by atoms with van der Waals surface area (Å²) in [5.74, 6) is -5.80. The number of fused-ring (bicyclic) bond motifs is 4. The maximum atomic E-state index is 13.8. The van der Waals surface area contributed by atoms with Crippen LogP contribution >= 0.6 is 0 Å². The third-order valence-electron chi connectivity index (χ3n) is 4.11. The van der Waals surface area contributed by atoms with Crippen LogP contribution in [0.15, 0.2) is 41.5 Å². The zero-order chi connectivity index (χ0) is 18.9. The number of hydrogen-bond donors (Lipinski definition) is 1. The van der Waals surface area contributed by atoms with Crippen LogP contribution in [-0.4, -0.2) is 31.6 Å². The lowest BCUT2D eigenvalue weighted by molar-refractivity contribution is -0.323. The lowest BCUT2D eigenvalue weighted by Gasteiger charge is -2.22. The molecular formula is C16H7F4N3O3. The first-order chi connectivity index (χ1) is 12.1. The van der Waals surface area contributed by atoms with Crippen molar-refractivity contribution in [2.45, 2.75) is 12.0 Å². The van der Waals surface area contributed by atoms with Gasteiger partial charge in [0.05, 0.1) is 22.2 Å². The van der Waals surface area contributed by atoms with Gasteiger partial charge in [0.15, 0.2) is 5.82 Å². The highest BCUT2D eigenvalue weighted by molar-refractivity contribution is 6.13. The molecule has 10 heteroatoms. The first-order valence-corrected chi connectivity index (χ1v) is 7.17. The van der Waals surface area contributed by atoms with Crippen molar-refractivity contribution in [3.8, 4) is 5.69 Å². The highest BCUT2D eigenvalue weighted by Gasteiger charge is 2.56. The van der Waals surface area contributed by atoms with E-state index in [4.69, 9.17) is 0 Å². The summed E-state index contributed by atoms with van der Waals surface area (Å²) in [5, 5.41) is 9.28. The normalized spacial score (nSPS) is 15.7. The summed E-state index contributed by atoms with van der Waals surface area (Å²) in [6, 6.07) is 3.60. The number of pyridine rings is 1. The van der Waals surface area contributed by atoms with Crippen molar-refractivity contribution in [1.29, 1.82) is 0 Å². The zero-order valence-electron chi connectivity index (χ0n) is 12.6. The molecule has 0 amide bonds. The summed E-state index contributed by atoms with van der Waals surface area (Å²) < 4.78 is 52.8. The Hall–Kier alpha value is -3.14. The summed E-state index contributed by atoms with van der Waals surface area (Å²) in [4.78, 5) is 32.9. The van der Waals surface area contributed by atoms with Crippen molar-refractivity contribution in [1.82, 2.24) is 14.5 Å². The number of aromatic nitrogens is 3. The molecule has 6 nitrogen and oxygen atoms in total.